The molecule has 3 nitrogen and oxygen atoms in total. The number of benzene rings is 2. The molecule has 0 N–H and O–H groups in total. The lowest BCUT2D eigenvalue weighted by atomic mass is 9.93. The topological polar surface area (TPSA) is 29.5 Å². The molecule has 0 amide bonds. The minimum Gasteiger partial charge on any atom is -0.377 e. The van der Waals surface area contributed by atoms with Crippen LogP contribution in [-0.4, -0.2) is 47.2 Å². The summed E-state index contributed by atoms with van der Waals surface area (Å²) in [6.07, 6.45) is 2.67. The number of thiophene rings is 1. The smallest absolute Gasteiger partial charge is 0.123 e. The van der Waals surface area contributed by atoms with Crippen molar-refractivity contribution in [3.63, 3.8) is 0 Å². The molecule has 1 aliphatic rings. The van der Waals surface area contributed by atoms with E-state index in [1.54, 1.807) is 24.5 Å². The average Bonchev–Trinajstić information content (AvgIpc) is 3.15. The molecule has 4 rings (SSSR count). The number of methoxy groups -OCH3 is 1. The molecule has 1 aromatic heterocycles. The quantitative estimate of drug-likeness (QED) is 0.502. The lowest BCUT2D eigenvalue weighted by molar-refractivity contribution is -0.0391. The fourth-order valence-corrected chi connectivity index (χ4v) is 6.60. The Balaban J connectivity index is 1.34. The van der Waals surface area contributed by atoms with Gasteiger partial charge in [0.1, 0.15) is 5.82 Å². The van der Waals surface area contributed by atoms with Crippen LogP contribution in [0.4, 0.5) is 4.39 Å². The van der Waals surface area contributed by atoms with Crippen molar-refractivity contribution in [2.75, 3.05) is 32.5 Å². The summed E-state index contributed by atoms with van der Waals surface area (Å²) in [6, 6.07) is 13.0. The summed E-state index contributed by atoms with van der Waals surface area (Å²) in [5, 5.41) is 3.19. The Morgan fingerprint density at radius 2 is 1.90 bits per heavy atom. The molecule has 2 heterocycles. The van der Waals surface area contributed by atoms with Gasteiger partial charge < -0.3 is 9.64 Å². The van der Waals surface area contributed by atoms with Gasteiger partial charge in [0.25, 0.3) is 0 Å². The van der Waals surface area contributed by atoms with Crippen molar-refractivity contribution >= 4 is 32.2 Å². The highest BCUT2D eigenvalue weighted by molar-refractivity contribution is 7.85. The first kappa shape index (κ1) is 21.6. The number of fused-ring (bicyclic) bond motifs is 1. The Bertz CT molecular complexity index is 1020. The maximum atomic E-state index is 13.6. The SMILES string of the molecule is COC1(CS(=O)c2ccc(C)cc2)CCN(CCc2csc3ccc(F)cc23)CC1. The molecule has 1 unspecified atom stereocenters. The minimum atomic E-state index is -1.06. The highest BCUT2D eigenvalue weighted by atomic mass is 32.2. The van der Waals surface area contributed by atoms with Gasteiger partial charge in [-0.1, -0.05) is 17.7 Å². The number of likely N-dealkylation sites (tertiary alicyclic amines) is 1. The van der Waals surface area contributed by atoms with Crippen molar-refractivity contribution in [3.05, 3.63) is 64.8 Å². The summed E-state index contributed by atoms with van der Waals surface area (Å²) in [6.45, 7) is 4.84. The molecule has 1 saturated heterocycles. The van der Waals surface area contributed by atoms with E-state index in [0.29, 0.717) is 5.75 Å². The highest BCUT2D eigenvalue weighted by Gasteiger charge is 2.36. The van der Waals surface area contributed by atoms with Crippen LogP contribution in [-0.2, 0) is 22.0 Å². The Morgan fingerprint density at radius 1 is 1.17 bits per heavy atom. The van der Waals surface area contributed by atoms with E-state index in [2.05, 4.69) is 10.3 Å². The van der Waals surface area contributed by atoms with Crippen LogP contribution >= 0.6 is 11.3 Å². The fourth-order valence-electron chi connectivity index (χ4n) is 4.13. The number of nitrogens with zero attached hydrogens (tertiary/aromatic N) is 1. The van der Waals surface area contributed by atoms with Crippen molar-refractivity contribution in [2.45, 2.75) is 36.7 Å². The first-order valence-electron chi connectivity index (χ1n) is 10.4. The lowest BCUT2D eigenvalue weighted by Gasteiger charge is -2.40. The molecular weight excluding hydrogens is 417 g/mol. The molecule has 1 aliphatic heterocycles. The van der Waals surface area contributed by atoms with Crippen molar-refractivity contribution < 1.29 is 13.3 Å². The van der Waals surface area contributed by atoms with Crippen LogP contribution in [0.1, 0.15) is 24.0 Å². The fraction of sp³-hybridized carbons (Fsp3) is 0.417. The van der Waals surface area contributed by atoms with Gasteiger partial charge in [-0.3, -0.25) is 4.21 Å². The Morgan fingerprint density at radius 3 is 2.60 bits per heavy atom. The molecule has 3 aromatic rings. The molecule has 30 heavy (non-hydrogen) atoms. The van der Waals surface area contributed by atoms with Gasteiger partial charge in [0.15, 0.2) is 0 Å². The molecule has 160 valence electrons. The molecule has 0 bridgehead atoms. The van der Waals surface area contributed by atoms with Gasteiger partial charge in [-0.2, -0.15) is 0 Å². The molecular formula is C24H28FNO2S2. The van der Waals surface area contributed by atoms with Gasteiger partial charge in [-0.15, -0.1) is 11.3 Å². The molecule has 1 atom stereocenters. The Hall–Kier alpha value is -1.60. The molecule has 6 heteroatoms. The summed E-state index contributed by atoms with van der Waals surface area (Å²) in [7, 11) is 0.681. The van der Waals surface area contributed by atoms with Gasteiger partial charge in [-0.05, 0) is 72.8 Å². The third-order valence-electron chi connectivity index (χ3n) is 6.19. The zero-order valence-corrected chi connectivity index (χ0v) is 19.2. The maximum Gasteiger partial charge on any atom is 0.123 e. The van der Waals surface area contributed by atoms with E-state index in [4.69, 9.17) is 4.74 Å². The normalized spacial score (nSPS) is 18.0. The standard InChI is InChI=1S/C24H28FNO2S2/c1-18-3-6-21(7-4-18)30(27)17-24(28-2)10-13-26(14-11-24)12-9-19-16-29-23-8-5-20(25)15-22(19)23/h3-8,15-16H,9-14,17H2,1-2H3. The second-order valence-electron chi connectivity index (χ2n) is 8.18. The summed E-state index contributed by atoms with van der Waals surface area (Å²) >= 11 is 1.68. The molecule has 0 spiro atoms. The summed E-state index contributed by atoms with van der Waals surface area (Å²) < 4.78 is 33.6. The van der Waals surface area contributed by atoms with E-state index >= 15 is 0 Å². The van der Waals surface area contributed by atoms with E-state index in [0.717, 1.165) is 53.9 Å². The number of hydrogen-bond acceptors (Lipinski definition) is 4. The van der Waals surface area contributed by atoms with Gasteiger partial charge >= 0.3 is 0 Å². The number of piperidine rings is 1. The predicted octanol–water partition coefficient (Wildman–Crippen LogP) is 5.18. The average molecular weight is 446 g/mol. The van der Waals surface area contributed by atoms with Crippen LogP contribution in [0.5, 0.6) is 0 Å². The lowest BCUT2D eigenvalue weighted by Crippen LogP contribution is -2.49. The number of halogens is 1. The van der Waals surface area contributed by atoms with Gasteiger partial charge in [0.05, 0.1) is 22.2 Å². The van der Waals surface area contributed by atoms with Crippen LogP contribution in [0.15, 0.2) is 52.7 Å². The van der Waals surface area contributed by atoms with E-state index < -0.39 is 10.8 Å². The molecule has 0 saturated carbocycles. The monoisotopic (exact) mass is 445 g/mol. The van der Waals surface area contributed by atoms with Crippen molar-refractivity contribution in [1.29, 1.82) is 0 Å². The van der Waals surface area contributed by atoms with Gasteiger partial charge in [0.2, 0.25) is 0 Å². The molecule has 0 radical (unpaired) electrons. The largest absolute Gasteiger partial charge is 0.377 e. The summed E-state index contributed by atoms with van der Waals surface area (Å²) in [4.78, 5) is 3.31. The second-order valence-corrected chi connectivity index (χ2v) is 10.5. The van der Waals surface area contributed by atoms with Gasteiger partial charge in [-0.25, -0.2) is 4.39 Å². The number of hydrogen-bond donors (Lipinski definition) is 0. The van der Waals surface area contributed by atoms with E-state index in [-0.39, 0.29) is 11.4 Å². The summed E-state index contributed by atoms with van der Waals surface area (Å²) in [5.74, 6) is 0.362. The van der Waals surface area contributed by atoms with Crippen molar-refractivity contribution in [3.8, 4) is 0 Å². The number of rotatable bonds is 7. The van der Waals surface area contributed by atoms with Crippen molar-refractivity contribution in [2.24, 2.45) is 0 Å². The van der Waals surface area contributed by atoms with Crippen LogP contribution in [0.3, 0.4) is 0 Å². The molecule has 1 fully saturated rings. The Labute approximate surface area is 184 Å². The minimum absolute atomic E-state index is 0.174. The first-order chi connectivity index (χ1) is 14.5. The highest BCUT2D eigenvalue weighted by Crippen LogP contribution is 2.30. The van der Waals surface area contributed by atoms with Crippen LogP contribution < -0.4 is 0 Å². The second kappa shape index (κ2) is 9.27. The molecule has 0 aliphatic carbocycles. The predicted molar refractivity (Wildman–Crippen MR) is 123 cm³/mol. The van der Waals surface area contributed by atoms with E-state index in [1.807, 2.05) is 37.3 Å². The maximum absolute atomic E-state index is 13.6. The Kier molecular flexibility index (Phi) is 6.68. The van der Waals surface area contributed by atoms with Crippen LogP contribution in [0, 0.1) is 12.7 Å². The first-order valence-corrected chi connectivity index (χ1v) is 12.6. The summed E-state index contributed by atoms with van der Waals surface area (Å²) in [5.41, 5.74) is 2.06. The van der Waals surface area contributed by atoms with Gasteiger partial charge in [0, 0.05) is 36.3 Å². The van der Waals surface area contributed by atoms with E-state index in [9.17, 15) is 8.60 Å². The van der Waals surface area contributed by atoms with Crippen molar-refractivity contribution in [1.82, 2.24) is 4.90 Å². The zero-order valence-electron chi connectivity index (χ0n) is 17.5. The van der Waals surface area contributed by atoms with Crippen LogP contribution in [0.2, 0.25) is 0 Å². The zero-order chi connectivity index (χ0) is 21.1. The third kappa shape index (κ3) is 4.83. The van der Waals surface area contributed by atoms with E-state index in [1.165, 1.54) is 17.2 Å². The number of aryl methyl sites for hydroxylation is 1. The van der Waals surface area contributed by atoms with Crippen LogP contribution in [0.25, 0.3) is 10.1 Å². The molecule has 2 aromatic carbocycles. The number of ether oxygens (including phenoxy) is 1. The third-order valence-corrected chi connectivity index (χ3v) is 8.79.